The van der Waals surface area contributed by atoms with Gasteiger partial charge in [0.1, 0.15) is 0 Å². The molecule has 0 spiro atoms. The predicted molar refractivity (Wildman–Crippen MR) is 99.0 cm³/mol. The van der Waals surface area contributed by atoms with Crippen molar-refractivity contribution < 1.29 is 28.9 Å². The van der Waals surface area contributed by atoms with Gasteiger partial charge in [-0.15, -0.1) is 0 Å². The standard InChI is InChI=1S/C21H20O6/c1-2-25-19-13-14(8-9-17(19)22)12-16(15-6-4-3-5-7-15)20(23)27-18-10-11-26-21(18)24/h3-9,12-13,18,22H,2,10-11H2,1H3/b16-12+/t18-/m1/s1. The first kappa shape index (κ1) is 18.5. The third-order valence-corrected chi connectivity index (χ3v) is 4.04. The number of phenols is 1. The van der Waals surface area contributed by atoms with Crippen molar-refractivity contribution in [3.8, 4) is 11.5 Å². The monoisotopic (exact) mass is 368 g/mol. The molecule has 0 amide bonds. The number of phenolic OH excluding ortho intramolecular Hbond substituents is 1. The van der Waals surface area contributed by atoms with Crippen molar-refractivity contribution in [2.24, 2.45) is 0 Å². The number of hydrogen-bond acceptors (Lipinski definition) is 6. The molecule has 2 aromatic rings. The summed E-state index contributed by atoms with van der Waals surface area (Å²) in [6.07, 6.45) is 1.10. The van der Waals surface area contributed by atoms with E-state index in [0.29, 0.717) is 35.5 Å². The van der Waals surface area contributed by atoms with Crippen molar-refractivity contribution in [1.82, 2.24) is 0 Å². The minimum atomic E-state index is -0.886. The van der Waals surface area contributed by atoms with E-state index in [0.717, 1.165) is 0 Å². The van der Waals surface area contributed by atoms with Gasteiger partial charge in [0.15, 0.2) is 11.5 Å². The highest BCUT2D eigenvalue weighted by Crippen LogP contribution is 2.29. The molecule has 1 atom stereocenters. The van der Waals surface area contributed by atoms with E-state index in [9.17, 15) is 14.7 Å². The molecule has 6 heteroatoms. The summed E-state index contributed by atoms with van der Waals surface area (Å²) >= 11 is 0. The van der Waals surface area contributed by atoms with Gasteiger partial charge >= 0.3 is 11.9 Å². The van der Waals surface area contributed by atoms with E-state index in [-0.39, 0.29) is 12.4 Å². The quantitative estimate of drug-likeness (QED) is 0.479. The summed E-state index contributed by atoms with van der Waals surface area (Å²) < 4.78 is 15.6. The number of carbonyl (C=O) groups is 2. The van der Waals surface area contributed by atoms with E-state index in [4.69, 9.17) is 14.2 Å². The van der Waals surface area contributed by atoms with Crippen LogP contribution in [-0.4, -0.2) is 36.4 Å². The van der Waals surface area contributed by atoms with Crippen LogP contribution in [0.4, 0.5) is 0 Å². The summed E-state index contributed by atoms with van der Waals surface area (Å²) in [5.41, 5.74) is 1.60. The van der Waals surface area contributed by atoms with Crippen LogP contribution in [0.5, 0.6) is 11.5 Å². The van der Waals surface area contributed by atoms with Crippen LogP contribution in [0.25, 0.3) is 11.6 Å². The van der Waals surface area contributed by atoms with E-state index in [1.54, 1.807) is 30.3 Å². The number of esters is 2. The number of hydrogen-bond donors (Lipinski definition) is 1. The molecule has 1 aliphatic rings. The van der Waals surface area contributed by atoms with E-state index in [1.165, 1.54) is 6.07 Å². The molecule has 1 heterocycles. The van der Waals surface area contributed by atoms with Gasteiger partial charge in [-0.25, -0.2) is 9.59 Å². The van der Waals surface area contributed by atoms with Crippen LogP contribution in [0.15, 0.2) is 48.5 Å². The molecule has 0 unspecified atom stereocenters. The SMILES string of the molecule is CCOc1cc(/C=C(/C(=O)O[C@@H]2CCOC2=O)c2ccccc2)ccc1O. The van der Waals surface area contributed by atoms with Gasteiger partial charge in [-0.05, 0) is 36.3 Å². The Morgan fingerprint density at radius 3 is 2.70 bits per heavy atom. The summed E-state index contributed by atoms with van der Waals surface area (Å²) in [7, 11) is 0. The topological polar surface area (TPSA) is 82.1 Å². The molecule has 0 radical (unpaired) electrons. The zero-order chi connectivity index (χ0) is 19.2. The van der Waals surface area contributed by atoms with E-state index >= 15 is 0 Å². The highest BCUT2D eigenvalue weighted by atomic mass is 16.6. The minimum Gasteiger partial charge on any atom is -0.504 e. The first-order valence-electron chi connectivity index (χ1n) is 8.69. The van der Waals surface area contributed by atoms with Crippen LogP contribution >= 0.6 is 0 Å². The first-order chi connectivity index (χ1) is 13.1. The van der Waals surface area contributed by atoms with Crippen LogP contribution in [0.1, 0.15) is 24.5 Å². The average Bonchev–Trinajstić information content (AvgIpc) is 3.07. The highest BCUT2D eigenvalue weighted by molar-refractivity contribution is 6.22. The number of benzene rings is 2. The molecular weight excluding hydrogens is 348 g/mol. The van der Waals surface area contributed by atoms with E-state index < -0.39 is 18.0 Å². The number of cyclic esters (lactones) is 1. The third-order valence-electron chi connectivity index (χ3n) is 4.04. The van der Waals surface area contributed by atoms with Gasteiger partial charge < -0.3 is 19.3 Å². The minimum absolute atomic E-state index is 0.0199. The van der Waals surface area contributed by atoms with Crippen molar-refractivity contribution in [1.29, 1.82) is 0 Å². The van der Waals surface area contributed by atoms with Crippen LogP contribution in [0, 0.1) is 0 Å². The van der Waals surface area contributed by atoms with Gasteiger partial charge in [-0.1, -0.05) is 36.4 Å². The lowest BCUT2D eigenvalue weighted by molar-refractivity contribution is -0.156. The summed E-state index contributed by atoms with van der Waals surface area (Å²) in [5, 5.41) is 9.86. The Hall–Kier alpha value is -3.28. The molecule has 3 rings (SSSR count). The van der Waals surface area contributed by atoms with Crippen LogP contribution < -0.4 is 4.74 Å². The Morgan fingerprint density at radius 1 is 1.26 bits per heavy atom. The second kappa shape index (κ2) is 8.40. The molecule has 1 aliphatic heterocycles. The number of aromatic hydroxyl groups is 1. The predicted octanol–water partition coefficient (Wildman–Crippen LogP) is 3.19. The maximum Gasteiger partial charge on any atom is 0.347 e. The molecule has 6 nitrogen and oxygen atoms in total. The van der Waals surface area contributed by atoms with Crippen molar-refractivity contribution in [2.75, 3.05) is 13.2 Å². The Bertz CT molecular complexity index is 856. The lowest BCUT2D eigenvalue weighted by Crippen LogP contribution is -2.23. The van der Waals surface area contributed by atoms with Gasteiger partial charge in [-0.2, -0.15) is 0 Å². The fourth-order valence-electron chi connectivity index (χ4n) is 2.71. The van der Waals surface area contributed by atoms with Crippen LogP contribution in [-0.2, 0) is 19.1 Å². The maximum atomic E-state index is 12.7. The van der Waals surface area contributed by atoms with Gasteiger partial charge in [0.25, 0.3) is 0 Å². The molecule has 0 saturated carbocycles. The summed E-state index contributed by atoms with van der Waals surface area (Å²) in [6.45, 7) is 2.46. The van der Waals surface area contributed by atoms with E-state index in [2.05, 4.69) is 0 Å². The fourth-order valence-corrected chi connectivity index (χ4v) is 2.71. The molecule has 1 fully saturated rings. The van der Waals surface area contributed by atoms with Gasteiger partial charge in [0.05, 0.1) is 18.8 Å². The number of rotatable bonds is 6. The van der Waals surface area contributed by atoms with Crippen LogP contribution in [0.2, 0.25) is 0 Å². The molecule has 0 aliphatic carbocycles. The Balaban J connectivity index is 1.95. The Kier molecular flexibility index (Phi) is 5.76. The summed E-state index contributed by atoms with van der Waals surface area (Å²) in [6, 6.07) is 13.8. The highest BCUT2D eigenvalue weighted by Gasteiger charge is 2.31. The number of carbonyl (C=O) groups excluding carboxylic acids is 2. The molecule has 1 saturated heterocycles. The van der Waals surface area contributed by atoms with Crippen molar-refractivity contribution in [2.45, 2.75) is 19.4 Å². The molecule has 2 aromatic carbocycles. The first-order valence-corrected chi connectivity index (χ1v) is 8.69. The Labute approximate surface area is 157 Å². The lowest BCUT2D eigenvalue weighted by Gasteiger charge is -2.12. The fraction of sp³-hybridized carbons (Fsp3) is 0.238. The zero-order valence-corrected chi connectivity index (χ0v) is 14.9. The summed E-state index contributed by atoms with van der Waals surface area (Å²) in [5.74, 6) is -0.798. The summed E-state index contributed by atoms with van der Waals surface area (Å²) in [4.78, 5) is 24.4. The van der Waals surface area contributed by atoms with Crippen molar-refractivity contribution in [3.05, 3.63) is 59.7 Å². The third kappa shape index (κ3) is 4.47. The van der Waals surface area contributed by atoms with Crippen LogP contribution in [0.3, 0.4) is 0 Å². The van der Waals surface area contributed by atoms with Crippen molar-refractivity contribution >= 4 is 23.6 Å². The average molecular weight is 368 g/mol. The van der Waals surface area contributed by atoms with Crippen molar-refractivity contribution in [3.63, 3.8) is 0 Å². The molecule has 140 valence electrons. The molecule has 0 aromatic heterocycles. The maximum absolute atomic E-state index is 12.7. The lowest BCUT2D eigenvalue weighted by atomic mass is 10.0. The van der Waals surface area contributed by atoms with Gasteiger partial charge in [-0.3, -0.25) is 0 Å². The van der Waals surface area contributed by atoms with Gasteiger partial charge in [0, 0.05) is 6.42 Å². The smallest absolute Gasteiger partial charge is 0.347 e. The molecular formula is C21H20O6. The molecule has 27 heavy (non-hydrogen) atoms. The molecule has 1 N–H and O–H groups in total. The second-order valence-corrected chi connectivity index (χ2v) is 5.93. The largest absolute Gasteiger partial charge is 0.504 e. The zero-order valence-electron chi connectivity index (χ0n) is 14.9. The van der Waals surface area contributed by atoms with Gasteiger partial charge in [0.2, 0.25) is 6.10 Å². The molecule has 0 bridgehead atoms. The Morgan fingerprint density at radius 2 is 2.04 bits per heavy atom. The normalized spacial score (nSPS) is 16.7. The second-order valence-electron chi connectivity index (χ2n) is 5.93. The number of ether oxygens (including phenoxy) is 3. The van der Waals surface area contributed by atoms with E-state index in [1.807, 2.05) is 25.1 Å².